The molecule has 3 unspecified atom stereocenters. The summed E-state index contributed by atoms with van der Waals surface area (Å²) in [6.45, 7) is 0. The van der Waals surface area contributed by atoms with Crippen molar-refractivity contribution in [2.24, 2.45) is 11.8 Å². The van der Waals surface area contributed by atoms with E-state index in [0.29, 0.717) is 23.7 Å². The molecule has 17 heavy (non-hydrogen) atoms. The van der Waals surface area contributed by atoms with Gasteiger partial charge in [0.15, 0.2) is 0 Å². The second kappa shape index (κ2) is 3.70. The number of hydrogen-bond donors (Lipinski definition) is 1. The first kappa shape index (κ1) is 11.0. The molecular formula is C14H17FO2. The van der Waals surface area contributed by atoms with Crippen LogP contribution in [-0.4, -0.2) is 12.2 Å². The van der Waals surface area contributed by atoms with Crippen molar-refractivity contribution < 1.29 is 14.2 Å². The Kier molecular flexibility index (Phi) is 2.40. The maximum atomic E-state index is 14.0. The van der Waals surface area contributed by atoms with E-state index < -0.39 is 5.60 Å². The van der Waals surface area contributed by atoms with Gasteiger partial charge in [0.05, 0.1) is 12.7 Å². The first-order valence-electron chi connectivity index (χ1n) is 6.20. The molecule has 3 rings (SSSR count). The highest BCUT2D eigenvalue weighted by molar-refractivity contribution is 5.34. The first-order valence-corrected chi connectivity index (χ1v) is 6.20. The lowest BCUT2D eigenvalue weighted by molar-refractivity contribution is -0.0212. The summed E-state index contributed by atoms with van der Waals surface area (Å²) < 4.78 is 19.0. The minimum Gasteiger partial charge on any atom is -0.497 e. The van der Waals surface area contributed by atoms with Crippen LogP contribution in [0.25, 0.3) is 0 Å². The third-order valence-corrected chi connectivity index (χ3v) is 4.46. The zero-order chi connectivity index (χ0) is 12.0. The van der Waals surface area contributed by atoms with Crippen LogP contribution in [0.4, 0.5) is 4.39 Å². The van der Waals surface area contributed by atoms with Crippen LogP contribution in [0.3, 0.4) is 0 Å². The van der Waals surface area contributed by atoms with Crippen LogP contribution in [0.15, 0.2) is 18.2 Å². The summed E-state index contributed by atoms with van der Waals surface area (Å²) in [7, 11) is 1.51. The quantitative estimate of drug-likeness (QED) is 0.855. The van der Waals surface area contributed by atoms with Crippen molar-refractivity contribution >= 4 is 0 Å². The Bertz CT molecular complexity index is 446. The van der Waals surface area contributed by atoms with Crippen molar-refractivity contribution in [3.05, 3.63) is 29.6 Å². The lowest BCUT2D eigenvalue weighted by atomic mass is 9.79. The lowest BCUT2D eigenvalue weighted by Gasteiger charge is -2.33. The Labute approximate surface area is 100 Å². The molecule has 0 saturated heterocycles. The Morgan fingerprint density at radius 3 is 2.76 bits per heavy atom. The molecule has 3 atom stereocenters. The molecule has 2 fully saturated rings. The molecule has 2 nitrogen and oxygen atoms in total. The van der Waals surface area contributed by atoms with Gasteiger partial charge in [-0.15, -0.1) is 0 Å². The van der Waals surface area contributed by atoms with E-state index in [1.54, 1.807) is 12.1 Å². The summed E-state index contributed by atoms with van der Waals surface area (Å²) in [5, 5.41) is 10.7. The second-order valence-electron chi connectivity index (χ2n) is 5.35. The standard InChI is InChI=1S/C14H17FO2/c1-17-11-4-5-12(13(15)7-11)14(16)8-9-2-3-10(14)6-9/h4-5,7,9-10,16H,2-3,6,8H2,1H3. The first-order chi connectivity index (χ1) is 8.13. The second-order valence-corrected chi connectivity index (χ2v) is 5.35. The third-order valence-electron chi connectivity index (χ3n) is 4.46. The fourth-order valence-electron chi connectivity index (χ4n) is 3.60. The van der Waals surface area contributed by atoms with Crippen LogP contribution in [0.2, 0.25) is 0 Å². The molecule has 0 heterocycles. The molecule has 0 aliphatic heterocycles. The van der Waals surface area contributed by atoms with E-state index in [0.717, 1.165) is 12.8 Å². The van der Waals surface area contributed by atoms with Gasteiger partial charge in [0.2, 0.25) is 0 Å². The van der Waals surface area contributed by atoms with Crippen molar-refractivity contribution in [1.82, 2.24) is 0 Å². The molecule has 2 aliphatic rings. The Morgan fingerprint density at radius 2 is 2.24 bits per heavy atom. The minimum atomic E-state index is -0.945. The molecule has 2 bridgehead atoms. The van der Waals surface area contributed by atoms with E-state index in [-0.39, 0.29) is 11.7 Å². The number of fused-ring (bicyclic) bond motifs is 2. The maximum absolute atomic E-state index is 14.0. The van der Waals surface area contributed by atoms with Crippen LogP contribution >= 0.6 is 0 Å². The van der Waals surface area contributed by atoms with E-state index >= 15 is 0 Å². The molecular weight excluding hydrogens is 219 g/mol. The minimum absolute atomic E-state index is 0.232. The number of hydrogen-bond acceptors (Lipinski definition) is 2. The van der Waals surface area contributed by atoms with Crippen molar-refractivity contribution in [3.8, 4) is 5.75 Å². The summed E-state index contributed by atoms with van der Waals surface area (Å²) in [6, 6.07) is 4.76. The Morgan fingerprint density at radius 1 is 1.41 bits per heavy atom. The number of ether oxygens (including phenoxy) is 1. The number of rotatable bonds is 2. The van der Waals surface area contributed by atoms with E-state index in [1.165, 1.54) is 19.6 Å². The van der Waals surface area contributed by atoms with E-state index in [4.69, 9.17) is 4.74 Å². The Balaban J connectivity index is 1.99. The number of methoxy groups -OCH3 is 1. The molecule has 0 aromatic heterocycles. The zero-order valence-corrected chi connectivity index (χ0v) is 9.95. The van der Waals surface area contributed by atoms with Crippen molar-refractivity contribution in [2.75, 3.05) is 7.11 Å². The van der Waals surface area contributed by atoms with Gasteiger partial charge in [0, 0.05) is 11.6 Å². The van der Waals surface area contributed by atoms with E-state index in [1.807, 2.05) is 0 Å². The topological polar surface area (TPSA) is 29.5 Å². The van der Waals surface area contributed by atoms with Crippen molar-refractivity contribution in [3.63, 3.8) is 0 Å². The van der Waals surface area contributed by atoms with Crippen LogP contribution in [0, 0.1) is 17.7 Å². The van der Waals surface area contributed by atoms with Gasteiger partial charge in [0.1, 0.15) is 11.6 Å². The summed E-state index contributed by atoms with van der Waals surface area (Å²) >= 11 is 0. The molecule has 92 valence electrons. The highest BCUT2D eigenvalue weighted by Crippen LogP contribution is 2.55. The lowest BCUT2D eigenvalue weighted by Crippen LogP contribution is -2.33. The van der Waals surface area contributed by atoms with Crippen LogP contribution in [0.5, 0.6) is 5.75 Å². The molecule has 0 spiro atoms. The predicted octanol–water partition coefficient (Wildman–Crippen LogP) is 2.84. The predicted molar refractivity (Wildman–Crippen MR) is 62.3 cm³/mol. The van der Waals surface area contributed by atoms with Gasteiger partial charge >= 0.3 is 0 Å². The maximum Gasteiger partial charge on any atom is 0.132 e. The van der Waals surface area contributed by atoms with Crippen molar-refractivity contribution in [2.45, 2.75) is 31.3 Å². The monoisotopic (exact) mass is 236 g/mol. The highest BCUT2D eigenvalue weighted by Gasteiger charge is 2.51. The van der Waals surface area contributed by atoms with Gasteiger partial charge in [-0.3, -0.25) is 0 Å². The largest absolute Gasteiger partial charge is 0.497 e. The Hall–Kier alpha value is -1.09. The number of benzene rings is 1. The highest BCUT2D eigenvalue weighted by atomic mass is 19.1. The number of aliphatic hydroxyl groups is 1. The average molecular weight is 236 g/mol. The van der Waals surface area contributed by atoms with Gasteiger partial charge in [0.25, 0.3) is 0 Å². The summed E-state index contributed by atoms with van der Waals surface area (Å²) in [6.07, 6.45) is 3.96. The van der Waals surface area contributed by atoms with Crippen LogP contribution in [0.1, 0.15) is 31.2 Å². The summed E-state index contributed by atoms with van der Waals surface area (Å²) in [5.74, 6) is 0.958. The molecule has 0 amide bonds. The third kappa shape index (κ3) is 1.56. The molecule has 1 aromatic rings. The van der Waals surface area contributed by atoms with Crippen LogP contribution in [-0.2, 0) is 5.60 Å². The van der Waals surface area contributed by atoms with Gasteiger partial charge in [-0.2, -0.15) is 0 Å². The number of halogens is 1. The average Bonchev–Trinajstić information content (AvgIpc) is 2.88. The van der Waals surface area contributed by atoms with Crippen LogP contribution < -0.4 is 4.74 Å². The van der Waals surface area contributed by atoms with Gasteiger partial charge in [-0.25, -0.2) is 4.39 Å². The van der Waals surface area contributed by atoms with Gasteiger partial charge < -0.3 is 9.84 Å². The molecule has 3 heteroatoms. The molecule has 2 saturated carbocycles. The van der Waals surface area contributed by atoms with E-state index in [2.05, 4.69) is 0 Å². The normalized spacial score (nSPS) is 35.2. The van der Waals surface area contributed by atoms with Gasteiger partial charge in [-0.05, 0) is 49.7 Å². The molecule has 1 aromatic carbocycles. The fraction of sp³-hybridized carbons (Fsp3) is 0.571. The van der Waals surface area contributed by atoms with Gasteiger partial charge in [-0.1, -0.05) is 0 Å². The SMILES string of the molecule is COc1ccc(C2(O)CC3CCC2C3)c(F)c1. The zero-order valence-electron chi connectivity index (χ0n) is 9.95. The van der Waals surface area contributed by atoms with Crippen molar-refractivity contribution in [1.29, 1.82) is 0 Å². The fourth-order valence-corrected chi connectivity index (χ4v) is 3.60. The molecule has 0 radical (unpaired) electrons. The molecule has 2 aliphatic carbocycles. The smallest absolute Gasteiger partial charge is 0.132 e. The summed E-state index contributed by atoms with van der Waals surface area (Å²) in [4.78, 5) is 0. The van der Waals surface area contributed by atoms with E-state index in [9.17, 15) is 9.50 Å². The molecule has 1 N–H and O–H groups in total. The summed E-state index contributed by atoms with van der Waals surface area (Å²) in [5.41, 5.74) is -0.496.